The summed E-state index contributed by atoms with van der Waals surface area (Å²) in [4.78, 5) is 24.7. The van der Waals surface area contributed by atoms with Crippen LogP contribution in [0.25, 0.3) is 11.1 Å². The molecule has 2 rings (SSSR count). The van der Waals surface area contributed by atoms with E-state index >= 15 is 0 Å². The molecule has 0 atom stereocenters. The topological polar surface area (TPSA) is 52.6 Å². The van der Waals surface area contributed by atoms with Gasteiger partial charge < -0.3 is 9.47 Å². The standard InChI is InChI=1S/C20H22O4/c1-11-7-9-15(17(13(11)3)19(21)23-5)16-10-8-12(2)14(4)18(16)20(22)24-6/h7-10H,1-6H3. The van der Waals surface area contributed by atoms with Crippen molar-refractivity contribution in [2.45, 2.75) is 27.7 Å². The summed E-state index contributed by atoms with van der Waals surface area (Å²) in [6.45, 7) is 7.63. The second-order valence-corrected chi connectivity index (χ2v) is 5.84. The van der Waals surface area contributed by atoms with E-state index in [1.165, 1.54) is 14.2 Å². The van der Waals surface area contributed by atoms with E-state index in [-0.39, 0.29) is 0 Å². The Balaban J connectivity index is 2.88. The number of aryl methyl sites for hydroxylation is 2. The van der Waals surface area contributed by atoms with Gasteiger partial charge in [-0.15, -0.1) is 0 Å². The van der Waals surface area contributed by atoms with Gasteiger partial charge in [0.1, 0.15) is 0 Å². The van der Waals surface area contributed by atoms with Gasteiger partial charge in [0.15, 0.2) is 0 Å². The van der Waals surface area contributed by atoms with E-state index in [4.69, 9.17) is 9.47 Å². The Hall–Kier alpha value is -2.62. The molecule has 24 heavy (non-hydrogen) atoms. The molecule has 0 heterocycles. The molecule has 0 aliphatic carbocycles. The van der Waals surface area contributed by atoms with Crippen LogP contribution in [-0.2, 0) is 9.47 Å². The Morgan fingerprint density at radius 3 is 1.29 bits per heavy atom. The van der Waals surface area contributed by atoms with Crippen LogP contribution in [0.1, 0.15) is 43.0 Å². The van der Waals surface area contributed by atoms with Crippen LogP contribution >= 0.6 is 0 Å². The second-order valence-electron chi connectivity index (χ2n) is 5.84. The Kier molecular flexibility index (Phi) is 5.07. The number of carbonyl (C=O) groups excluding carboxylic acids is 2. The molecule has 0 N–H and O–H groups in total. The first-order chi connectivity index (χ1) is 11.3. The largest absolute Gasteiger partial charge is 0.465 e. The summed E-state index contributed by atoms with van der Waals surface area (Å²) < 4.78 is 9.92. The van der Waals surface area contributed by atoms with Crippen molar-refractivity contribution in [3.63, 3.8) is 0 Å². The molecule has 0 spiro atoms. The number of ether oxygens (including phenoxy) is 2. The van der Waals surface area contributed by atoms with Gasteiger partial charge in [0, 0.05) is 0 Å². The highest BCUT2D eigenvalue weighted by Crippen LogP contribution is 2.34. The van der Waals surface area contributed by atoms with E-state index in [0.29, 0.717) is 22.3 Å². The van der Waals surface area contributed by atoms with Crippen LogP contribution in [0.3, 0.4) is 0 Å². The van der Waals surface area contributed by atoms with E-state index in [9.17, 15) is 9.59 Å². The summed E-state index contributed by atoms with van der Waals surface area (Å²) in [5, 5.41) is 0. The average Bonchev–Trinajstić information content (AvgIpc) is 2.58. The quantitative estimate of drug-likeness (QED) is 0.795. The fourth-order valence-electron chi connectivity index (χ4n) is 2.81. The van der Waals surface area contributed by atoms with Crippen molar-refractivity contribution >= 4 is 11.9 Å². The van der Waals surface area contributed by atoms with Gasteiger partial charge in [0.2, 0.25) is 0 Å². The lowest BCUT2D eigenvalue weighted by Gasteiger charge is -2.17. The Labute approximate surface area is 142 Å². The fraction of sp³-hybridized carbons (Fsp3) is 0.300. The number of rotatable bonds is 3. The van der Waals surface area contributed by atoms with Gasteiger partial charge in [-0.3, -0.25) is 0 Å². The van der Waals surface area contributed by atoms with Crippen LogP contribution in [0, 0.1) is 27.7 Å². The monoisotopic (exact) mass is 326 g/mol. The Morgan fingerprint density at radius 1 is 0.667 bits per heavy atom. The van der Waals surface area contributed by atoms with Gasteiger partial charge in [-0.1, -0.05) is 24.3 Å². The normalized spacial score (nSPS) is 10.4. The molecule has 2 aromatic rings. The molecule has 0 aromatic heterocycles. The summed E-state index contributed by atoms with van der Waals surface area (Å²) in [5.41, 5.74) is 5.96. The summed E-state index contributed by atoms with van der Waals surface area (Å²) in [6.07, 6.45) is 0. The Morgan fingerprint density at radius 2 is 1.00 bits per heavy atom. The number of carbonyl (C=O) groups is 2. The molecule has 4 heteroatoms. The molecular weight excluding hydrogens is 304 g/mol. The van der Waals surface area contributed by atoms with Crippen molar-refractivity contribution < 1.29 is 19.1 Å². The van der Waals surface area contributed by atoms with E-state index in [2.05, 4.69) is 0 Å². The van der Waals surface area contributed by atoms with Crippen LogP contribution in [0.2, 0.25) is 0 Å². The third-order valence-corrected chi connectivity index (χ3v) is 4.54. The molecule has 0 unspecified atom stereocenters. The first-order valence-electron chi connectivity index (χ1n) is 7.70. The lowest BCUT2D eigenvalue weighted by molar-refractivity contribution is 0.0589. The van der Waals surface area contributed by atoms with Gasteiger partial charge >= 0.3 is 11.9 Å². The summed E-state index contributed by atoms with van der Waals surface area (Å²) in [6, 6.07) is 7.58. The maximum atomic E-state index is 12.3. The molecule has 0 fully saturated rings. The van der Waals surface area contributed by atoms with Crippen LogP contribution in [0.5, 0.6) is 0 Å². The molecule has 0 saturated carbocycles. The molecule has 126 valence electrons. The van der Waals surface area contributed by atoms with E-state index < -0.39 is 11.9 Å². The molecule has 0 aliphatic heterocycles. The number of esters is 2. The molecule has 0 amide bonds. The Bertz CT molecular complexity index is 749. The first-order valence-corrected chi connectivity index (χ1v) is 7.70. The van der Waals surface area contributed by atoms with Crippen molar-refractivity contribution in [2.24, 2.45) is 0 Å². The minimum Gasteiger partial charge on any atom is -0.465 e. The number of benzene rings is 2. The minimum absolute atomic E-state index is 0.416. The van der Waals surface area contributed by atoms with Crippen molar-refractivity contribution in [2.75, 3.05) is 14.2 Å². The molecule has 0 saturated heterocycles. The molecule has 4 nitrogen and oxygen atoms in total. The van der Waals surface area contributed by atoms with Crippen molar-refractivity contribution in [1.29, 1.82) is 0 Å². The van der Waals surface area contributed by atoms with Crippen LogP contribution in [0.15, 0.2) is 24.3 Å². The average molecular weight is 326 g/mol. The molecule has 0 radical (unpaired) electrons. The van der Waals surface area contributed by atoms with E-state index in [0.717, 1.165) is 22.3 Å². The number of methoxy groups -OCH3 is 2. The number of hydrogen-bond acceptors (Lipinski definition) is 4. The highest BCUT2D eigenvalue weighted by molar-refractivity contribution is 6.05. The second kappa shape index (κ2) is 6.87. The summed E-state index contributed by atoms with van der Waals surface area (Å²) >= 11 is 0. The zero-order valence-electron chi connectivity index (χ0n) is 14.9. The highest BCUT2D eigenvalue weighted by Gasteiger charge is 2.23. The fourth-order valence-corrected chi connectivity index (χ4v) is 2.81. The van der Waals surface area contributed by atoms with Crippen molar-refractivity contribution in [1.82, 2.24) is 0 Å². The zero-order chi connectivity index (χ0) is 18.0. The van der Waals surface area contributed by atoms with Crippen molar-refractivity contribution in [3.8, 4) is 11.1 Å². The van der Waals surface area contributed by atoms with Crippen molar-refractivity contribution in [3.05, 3.63) is 57.6 Å². The molecule has 2 aromatic carbocycles. The summed E-state index contributed by atoms with van der Waals surface area (Å²) in [7, 11) is 2.71. The lowest BCUT2D eigenvalue weighted by Crippen LogP contribution is -2.11. The van der Waals surface area contributed by atoms with Gasteiger partial charge in [0.25, 0.3) is 0 Å². The third-order valence-electron chi connectivity index (χ3n) is 4.54. The van der Waals surface area contributed by atoms with Gasteiger partial charge in [0.05, 0.1) is 25.3 Å². The van der Waals surface area contributed by atoms with Gasteiger partial charge in [-0.25, -0.2) is 9.59 Å². The predicted molar refractivity (Wildman–Crippen MR) is 93.5 cm³/mol. The number of hydrogen-bond donors (Lipinski definition) is 0. The van der Waals surface area contributed by atoms with Gasteiger partial charge in [-0.05, 0) is 61.1 Å². The van der Waals surface area contributed by atoms with Gasteiger partial charge in [-0.2, -0.15) is 0 Å². The van der Waals surface area contributed by atoms with Crippen LogP contribution < -0.4 is 0 Å². The smallest absolute Gasteiger partial charge is 0.338 e. The van der Waals surface area contributed by atoms with Crippen LogP contribution in [-0.4, -0.2) is 26.2 Å². The zero-order valence-corrected chi connectivity index (χ0v) is 14.9. The van der Waals surface area contributed by atoms with E-state index in [1.54, 1.807) is 0 Å². The first kappa shape index (κ1) is 17.7. The minimum atomic E-state index is -0.416. The molecule has 0 bridgehead atoms. The maximum Gasteiger partial charge on any atom is 0.338 e. The van der Waals surface area contributed by atoms with E-state index in [1.807, 2.05) is 52.0 Å². The molecule has 0 aliphatic rings. The van der Waals surface area contributed by atoms with Crippen LogP contribution in [0.4, 0.5) is 0 Å². The summed E-state index contributed by atoms with van der Waals surface area (Å²) in [5.74, 6) is -0.833. The highest BCUT2D eigenvalue weighted by atomic mass is 16.5. The molecular formula is C20H22O4. The third kappa shape index (κ3) is 2.92. The SMILES string of the molecule is COC(=O)c1c(-c2ccc(C)c(C)c2C(=O)OC)ccc(C)c1C. The lowest BCUT2D eigenvalue weighted by atomic mass is 9.88. The predicted octanol–water partition coefficient (Wildman–Crippen LogP) is 4.16. The maximum absolute atomic E-state index is 12.3.